The largest absolute Gasteiger partial charge is 0.427 e. The minimum absolute atomic E-state index is 0.294. The van der Waals surface area contributed by atoms with E-state index in [9.17, 15) is 13.2 Å². The summed E-state index contributed by atoms with van der Waals surface area (Å²) in [5.41, 5.74) is 1.80. The van der Waals surface area contributed by atoms with Crippen LogP contribution in [0.1, 0.15) is 17.0 Å². The van der Waals surface area contributed by atoms with E-state index in [1.165, 1.54) is 12.1 Å². The Bertz CT molecular complexity index is 758. The highest BCUT2D eigenvalue weighted by atomic mass is 35.5. The molecule has 1 aromatic carbocycles. The Hall–Kier alpha value is -0.750. The predicted molar refractivity (Wildman–Crippen MR) is 93.5 cm³/mol. The van der Waals surface area contributed by atoms with Gasteiger partial charge in [-0.05, 0) is 30.2 Å². The summed E-state index contributed by atoms with van der Waals surface area (Å²) < 4.78 is 38.8. The Kier molecular flexibility index (Phi) is 4.67. The molecule has 1 heterocycles. The van der Waals surface area contributed by atoms with Crippen molar-refractivity contribution in [3.63, 3.8) is 0 Å². The van der Waals surface area contributed by atoms with Crippen molar-refractivity contribution >= 4 is 57.8 Å². The van der Waals surface area contributed by atoms with Gasteiger partial charge in [0.1, 0.15) is 0 Å². The highest BCUT2D eigenvalue weighted by Crippen LogP contribution is 2.47. The van der Waals surface area contributed by atoms with Crippen LogP contribution in [0.15, 0.2) is 28.3 Å². The molecule has 2 aliphatic rings. The zero-order chi connectivity index (χ0) is 17.8. The van der Waals surface area contributed by atoms with Crippen LogP contribution >= 0.6 is 46.4 Å². The van der Waals surface area contributed by atoms with Crippen molar-refractivity contribution in [1.29, 1.82) is 0 Å². The summed E-state index contributed by atoms with van der Waals surface area (Å²) in [5, 5.41) is 5.28. The Balaban J connectivity index is 2.06. The van der Waals surface area contributed by atoms with Gasteiger partial charge >= 0.3 is 6.18 Å². The van der Waals surface area contributed by atoms with Gasteiger partial charge in [0, 0.05) is 21.0 Å². The Morgan fingerprint density at radius 1 is 1.12 bits per heavy atom. The molecule has 130 valence electrons. The number of rotatable bonds is 1. The summed E-state index contributed by atoms with van der Waals surface area (Å²) >= 11 is 24.8. The summed E-state index contributed by atoms with van der Waals surface area (Å²) in [7, 11) is 0. The second-order valence-electron chi connectivity index (χ2n) is 5.59. The minimum atomic E-state index is -4.44. The van der Waals surface area contributed by atoms with E-state index in [2.05, 4.69) is 10.6 Å². The lowest BCUT2D eigenvalue weighted by atomic mass is 9.88. The molecule has 1 aliphatic heterocycles. The van der Waals surface area contributed by atoms with Crippen molar-refractivity contribution in [3.05, 3.63) is 44.4 Å². The molecular weight excluding hydrogens is 407 g/mol. The van der Waals surface area contributed by atoms with E-state index < -0.39 is 23.6 Å². The van der Waals surface area contributed by atoms with Gasteiger partial charge in [-0.3, -0.25) is 0 Å². The SMILES string of the molecule is Cc1c2c(cc(Cl)c1C1C=C(Cl)C=C(Cl)C1Cl)NC(C(F)(F)F)N2. The topological polar surface area (TPSA) is 24.1 Å². The van der Waals surface area contributed by atoms with Crippen LogP contribution in [0, 0.1) is 6.92 Å². The number of hydrogen-bond donors (Lipinski definition) is 2. The number of alkyl halides is 4. The van der Waals surface area contributed by atoms with Crippen LogP contribution < -0.4 is 10.6 Å². The Morgan fingerprint density at radius 2 is 1.79 bits per heavy atom. The summed E-state index contributed by atoms with van der Waals surface area (Å²) in [5.74, 6) is -0.443. The number of halogens is 7. The monoisotopic (exact) mass is 416 g/mol. The Morgan fingerprint density at radius 3 is 2.42 bits per heavy atom. The van der Waals surface area contributed by atoms with E-state index in [0.29, 0.717) is 37.6 Å². The maximum absolute atomic E-state index is 12.9. The highest BCUT2D eigenvalue weighted by molar-refractivity contribution is 6.40. The molecule has 0 spiro atoms. The second-order valence-corrected chi connectivity index (χ2v) is 7.34. The maximum atomic E-state index is 12.9. The normalized spacial score (nSPS) is 26.2. The van der Waals surface area contributed by atoms with Gasteiger partial charge in [0.05, 0.1) is 16.8 Å². The highest BCUT2D eigenvalue weighted by Gasteiger charge is 2.44. The van der Waals surface area contributed by atoms with Crippen LogP contribution in [0.3, 0.4) is 0 Å². The zero-order valence-electron chi connectivity index (χ0n) is 12.1. The third kappa shape index (κ3) is 3.07. The summed E-state index contributed by atoms with van der Waals surface area (Å²) in [6.45, 7) is 1.69. The van der Waals surface area contributed by atoms with Crippen molar-refractivity contribution in [2.75, 3.05) is 10.6 Å². The zero-order valence-corrected chi connectivity index (χ0v) is 15.1. The van der Waals surface area contributed by atoms with Crippen LogP contribution in [0.2, 0.25) is 5.02 Å². The van der Waals surface area contributed by atoms with Crippen LogP contribution in [0.5, 0.6) is 0 Å². The van der Waals surface area contributed by atoms with Gasteiger partial charge in [-0.2, -0.15) is 13.2 Å². The summed E-state index contributed by atoms with van der Waals surface area (Å²) in [4.78, 5) is 0. The summed E-state index contributed by atoms with van der Waals surface area (Å²) in [6.07, 6.45) is -3.08. The van der Waals surface area contributed by atoms with E-state index in [1.807, 2.05) is 0 Å². The first-order valence-electron chi connectivity index (χ1n) is 6.91. The quantitative estimate of drug-likeness (QED) is 0.522. The number of hydrogen-bond acceptors (Lipinski definition) is 2. The average molecular weight is 418 g/mol. The van der Waals surface area contributed by atoms with Gasteiger partial charge in [-0.15, -0.1) is 11.6 Å². The molecule has 3 atom stereocenters. The molecule has 0 aromatic heterocycles. The molecule has 0 fully saturated rings. The molecule has 0 saturated carbocycles. The first kappa shape index (κ1) is 18.1. The number of benzene rings is 1. The lowest BCUT2D eigenvalue weighted by molar-refractivity contribution is -0.135. The number of fused-ring (bicyclic) bond motifs is 1. The molecule has 3 rings (SSSR count). The third-order valence-electron chi connectivity index (χ3n) is 4.02. The van der Waals surface area contributed by atoms with Crippen molar-refractivity contribution in [2.24, 2.45) is 0 Å². The molecular formula is C15H11Cl4F3N2. The van der Waals surface area contributed by atoms with E-state index in [4.69, 9.17) is 46.4 Å². The molecule has 24 heavy (non-hydrogen) atoms. The molecule has 0 radical (unpaired) electrons. The van der Waals surface area contributed by atoms with Gasteiger partial charge in [-0.25, -0.2) is 0 Å². The first-order chi connectivity index (χ1) is 11.1. The molecule has 2 N–H and O–H groups in total. The maximum Gasteiger partial charge on any atom is 0.427 e. The summed E-state index contributed by atoms with van der Waals surface area (Å²) in [6, 6.07) is 1.45. The van der Waals surface area contributed by atoms with Crippen LogP contribution in [-0.2, 0) is 0 Å². The Labute approximate surface area is 156 Å². The number of nitrogens with one attached hydrogen (secondary N) is 2. The second kappa shape index (κ2) is 6.20. The third-order valence-corrected chi connectivity index (χ3v) is 5.53. The molecule has 3 unspecified atom stereocenters. The smallest absolute Gasteiger partial charge is 0.356 e. The number of anilines is 2. The fourth-order valence-corrected chi connectivity index (χ4v) is 4.12. The van der Waals surface area contributed by atoms with Gasteiger partial charge in [0.15, 0.2) is 6.17 Å². The lowest BCUT2D eigenvalue weighted by Gasteiger charge is -2.26. The van der Waals surface area contributed by atoms with E-state index in [-0.39, 0.29) is 0 Å². The fourth-order valence-electron chi connectivity index (χ4n) is 2.92. The minimum Gasteiger partial charge on any atom is -0.356 e. The molecule has 1 aliphatic carbocycles. The van der Waals surface area contributed by atoms with Crippen LogP contribution in [0.25, 0.3) is 0 Å². The predicted octanol–water partition coefficient (Wildman–Crippen LogP) is 6.32. The first-order valence-corrected chi connectivity index (χ1v) is 8.48. The average Bonchev–Trinajstić information content (AvgIpc) is 2.88. The molecule has 1 aromatic rings. The fraction of sp³-hybridized carbons (Fsp3) is 0.333. The molecule has 2 nitrogen and oxygen atoms in total. The van der Waals surface area contributed by atoms with Crippen molar-refractivity contribution in [1.82, 2.24) is 0 Å². The van der Waals surface area contributed by atoms with Gasteiger partial charge < -0.3 is 10.6 Å². The molecule has 0 amide bonds. The molecule has 9 heteroatoms. The standard InChI is InChI=1S/C15H11Cl4F3N2/c1-5-11(7-2-6(16)3-9(18)12(7)19)8(17)4-10-13(5)24-14(23-10)15(20,21)22/h2-4,7,12,14,23-24H,1H3. The van der Waals surface area contributed by atoms with Crippen molar-refractivity contribution in [2.45, 2.75) is 30.6 Å². The van der Waals surface area contributed by atoms with E-state index in [1.54, 1.807) is 13.0 Å². The number of allylic oxidation sites excluding steroid dienone is 4. The van der Waals surface area contributed by atoms with Crippen molar-refractivity contribution < 1.29 is 13.2 Å². The van der Waals surface area contributed by atoms with Crippen LogP contribution in [0.4, 0.5) is 24.5 Å². The van der Waals surface area contributed by atoms with Crippen LogP contribution in [-0.4, -0.2) is 17.7 Å². The molecule has 0 bridgehead atoms. The van der Waals surface area contributed by atoms with E-state index in [0.717, 1.165) is 0 Å². The van der Waals surface area contributed by atoms with Gasteiger partial charge in [0.25, 0.3) is 0 Å². The van der Waals surface area contributed by atoms with E-state index >= 15 is 0 Å². The van der Waals surface area contributed by atoms with Crippen molar-refractivity contribution in [3.8, 4) is 0 Å². The van der Waals surface area contributed by atoms with Gasteiger partial charge in [0.2, 0.25) is 0 Å². The molecule has 0 saturated heterocycles. The van der Waals surface area contributed by atoms with Gasteiger partial charge in [-0.1, -0.05) is 40.9 Å². The lowest BCUT2D eigenvalue weighted by Crippen LogP contribution is -2.38.